The number of carbonyl (C=O) groups excluding carboxylic acids is 3. The Hall–Kier alpha value is -4.57. The van der Waals surface area contributed by atoms with Crippen LogP contribution in [-0.4, -0.2) is 52.6 Å². The van der Waals surface area contributed by atoms with Crippen LogP contribution < -0.4 is 16.0 Å². The lowest BCUT2D eigenvalue weighted by atomic mass is 9.89. The minimum Gasteiger partial charge on any atom is -0.465 e. The van der Waals surface area contributed by atoms with E-state index in [1.807, 2.05) is 24.3 Å². The highest BCUT2D eigenvalue weighted by molar-refractivity contribution is 6.30. The maximum Gasteiger partial charge on any atom is 0.412 e. The Morgan fingerprint density at radius 2 is 1.70 bits per heavy atom. The molecule has 2 heterocycles. The van der Waals surface area contributed by atoms with Crippen molar-refractivity contribution in [3.8, 4) is 0 Å². The summed E-state index contributed by atoms with van der Waals surface area (Å²) in [4.78, 5) is 52.8. The molecule has 3 aromatic rings. The fourth-order valence-corrected chi connectivity index (χ4v) is 6.13. The first kappa shape index (κ1) is 25.7. The Morgan fingerprint density at radius 1 is 1.00 bits per heavy atom. The number of likely N-dealkylation sites (tertiary alicyclic amines) is 1. The maximum absolute atomic E-state index is 14.3. The molecule has 1 aliphatic carbocycles. The van der Waals surface area contributed by atoms with Crippen LogP contribution in [0.3, 0.4) is 0 Å². The molecule has 11 heteroatoms. The van der Waals surface area contributed by atoms with Gasteiger partial charge in [0.2, 0.25) is 5.91 Å². The zero-order chi connectivity index (χ0) is 28.1. The number of fused-ring (bicyclic) bond motifs is 3. The van der Waals surface area contributed by atoms with Crippen LogP contribution in [0.25, 0.3) is 0 Å². The Balaban J connectivity index is 1.29. The van der Waals surface area contributed by atoms with Crippen molar-refractivity contribution in [2.45, 2.75) is 30.4 Å². The number of benzene rings is 3. The molecule has 0 saturated carbocycles. The lowest BCUT2D eigenvalue weighted by Crippen LogP contribution is -2.60. The second kappa shape index (κ2) is 9.56. The second-order valence-electron chi connectivity index (χ2n) is 10.3. The van der Waals surface area contributed by atoms with Crippen LogP contribution in [0.4, 0.5) is 21.0 Å². The Kier molecular flexibility index (Phi) is 6.14. The summed E-state index contributed by atoms with van der Waals surface area (Å²) >= 11 is 6.27. The van der Waals surface area contributed by atoms with Crippen LogP contribution in [0.15, 0.2) is 66.7 Å². The fourth-order valence-electron chi connectivity index (χ4n) is 5.96. The number of rotatable bonds is 4. The van der Waals surface area contributed by atoms with Gasteiger partial charge in [0.1, 0.15) is 5.54 Å². The molecule has 204 valence electrons. The Bertz CT molecular complexity index is 1530. The quantitative estimate of drug-likeness (QED) is 0.373. The SMILES string of the molecule is O=C(O)Nc1ccc(C(=O)NC2(C(=O)N3CCC4(C3)OC(=O)Nc3ccc(Cl)cc34)Cc3ccccc3C2)cc1. The lowest BCUT2D eigenvalue weighted by Gasteiger charge is -2.37. The molecule has 40 heavy (non-hydrogen) atoms. The molecular formula is C29H25ClN4O6. The van der Waals surface area contributed by atoms with Gasteiger partial charge in [-0.2, -0.15) is 0 Å². The molecule has 6 rings (SSSR count). The van der Waals surface area contributed by atoms with E-state index in [2.05, 4.69) is 16.0 Å². The molecular weight excluding hydrogens is 536 g/mol. The van der Waals surface area contributed by atoms with Gasteiger partial charge in [0.15, 0.2) is 5.60 Å². The lowest BCUT2D eigenvalue weighted by molar-refractivity contribution is -0.137. The van der Waals surface area contributed by atoms with Crippen molar-refractivity contribution in [1.82, 2.24) is 10.2 Å². The van der Waals surface area contributed by atoms with Crippen molar-refractivity contribution < 1.29 is 29.0 Å². The van der Waals surface area contributed by atoms with Gasteiger partial charge in [0, 0.05) is 47.6 Å². The first-order valence-electron chi connectivity index (χ1n) is 12.8. The molecule has 1 spiro atoms. The number of carboxylic acid groups (broad SMARTS) is 1. The molecule has 0 aromatic heterocycles. The number of hydrogen-bond acceptors (Lipinski definition) is 5. The van der Waals surface area contributed by atoms with Gasteiger partial charge in [-0.25, -0.2) is 9.59 Å². The Labute approximate surface area is 234 Å². The molecule has 4 N–H and O–H groups in total. The normalized spacial score (nSPS) is 20.2. The maximum atomic E-state index is 14.3. The summed E-state index contributed by atoms with van der Waals surface area (Å²) in [6.45, 7) is 0.442. The fraction of sp³-hybridized carbons (Fsp3) is 0.241. The van der Waals surface area contributed by atoms with E-state index in [0.717, 1.165) is 11.1 Å². The number of carbonyl (C=O) groups is 4. The van der Waals surface area contributed by atoms with Gasteiger partial charge in [-0.1, -0.05) is 35.9 Å². The molecule has 4 amide bonds. The molecule has 1 fully saturated rings. The summed E-state index contributed by atoms with van der Waals surface area (Å²) in [6, 6.07) is 18.8. The number of amides is 4. The average molecular weight is 561 g/mol. The zero-order valence-electron chi connectivity index (χ0n) is 21.2. The van der Waals surface area contributed by atoms with E-state index < -0.39 is 29.2 Å². The minimum absolute atomic E-state index is 0.121. The third kappa shape index (κ3) is 4.50. The largest absolute Gasteiger partial charge is 0.465 e. The third-order valence-corrected chi connectivity index (χ3v) is 8.01. The van der Waals surface area contributed by atoms with E-state index in [4.69, 9.17) is 21.4 Å². The van der Waals surface area contributed by atoms with E-state index in [1.54, 1.807) is 23.1 Å². The summed E-state index contributed by atoms with van der Waals surface area (Å²) in [5.41, 5.74) is 1.54. The summed E-state index contributed by atoms with van der Waals surface area (Å²) in [5, 5.41) is 17.4. The first-order chi connectivity index (χ1) is 19.2. The van der Waals surface area contributed by atoms with Gasteiger partial charge in [-0.15, -0.1) is 0 Å². The van der Waals surface area contributed by atoms with E-state index in [0.29, 0.717) is 47.8 Å². The van der Waals surface area contributed by atoms with Crippen molar-refractivity contribution in [3.05, 3.63) is 94.0 Å². The van der Waals surface area contributed by atoms with Gasteiger partial charge >= 0.3 is 12.2 Å². The van der Waals surface area contributed by atoms with Gasteiger partial charge < -0.3 is 20.1 Å². The molecule has 0 bridgehead atoms. The number of hydrogen-bond donors (Lipinski definition) is 4. The van der Waals surface area contributed by atoms with E-state index >= 15 is 0 Å². The summed E-state index contributed by atoms with van der Waals surface area (Å²) in [6.07, 6.45) is -0.812. The van der Waals surface area contributed by atoms with E-state index in [-0.39, 0.29) is 18.0 Å². The highest BCUT2D eigenvalue weighted by Crippen LogP contribution is 2.45. The predicted octanol–water partition coefficient (Wildman–Crippen LogP) is 4.39. The average Bonchev–Trinajstić information content (AvgIpc) is 3.51. The number of nitrogens with one attached hydrogen (secondary N) is 3. The van der Waals surface area contributed by atoms with Crippen LogP contribution >= 0.6 is 11.6 Å². The number of anilines is 2. The molecule has 2 aliphatic heterocycles. The standard InChI is InChI=1S/C29H25ClN4O6/c30-20-7-10-23-22(13-20)29(40-27(39)32-23)11-12-34(16-29)25(36)28(14-18-3-1-2-4-19(18)15-28)33-24(35)17-5-8-21(9-6-17)31-26(37)38/h1-10,13,31H,11-12,14-16H2,(H,32,39)(H,33,35)(H,37,38). The molecule has 1 saturated heterocycles. The summed E-state index contributed by atoms with van der Waals surface area (Å²) < 4.78 is 5.81. The van der Waals surface area contributed by atoms with Crippen LogP contribution in [0.1, 0.15) is 33.5 Å². The van der Waals surface area contributed by atoms with Crippen molar-refractivity contribution in [1.29, 1.82) is 0 Å². The Morgan fingerprint density at radius 3 is 2.38 bits per heavy atom. The monoisotopic (exact) mass is 560 g/mol. The van der Waals surface area contributed by atoms with E-state index in [1.165, 1.54) is 24.3 Å². The van der Waals surface area contributed by atoms with Crippen molar-refractivity contribution in [2.75, 3.05) is 23.7 Å². The smallest absolute Gasteiger partial charge is 0.412 e. The zero-order valence-corrected chi connectivity index (χ0v) is 22.0. The van der Waals surface area contributed by atoms with E-state index in [9.17, 15) is 19.2 Å². The number of halogens is 1. The van der Waals surface area contributed by atoms with Gasteiger partial charge in [0.05, 0.1) is 12.2 Å². The molecule has 0 radical (unpaired) electrons. The van der Waals surface area contributed by atoms with Gasteiger partial charge in [0.25, 0.3) is 5.91 Å². The van der Waals surface area contributed by atoms with Crippen molar-refractivity contribution in [2.24, 2.45) is 0 Å². The highest BCUT2D eigenvalue weighted by atomic mass is 35.5. The first-order valence-corrected chi connectivity index (χ1v) is 13.1. The number of ether oxygens (including phenoxy) is 1. The van der Waals surface area contributed by atoms with Crippen molar-refractivity contribution >= 4 is 47.0 Å². The van der Waals surface area contributed by atoms with Crippen LogP contribution in [-0.2, 0) is 28.0 Å². The van der Waals surface area contributed by atoms with Crippen LogP contribution in [0.5, 0.6) is 0 Å². The molecule has 3 aliphatic rings. The molecule has 1 unspecified atom stereocenters. The summed E-state index contributed by atoms with van der Waals surface area (Å²) in [7, 11) is 0. The topological polar surface area (TPSA) is 137 Å². The molecule has 10 nitrogen and oxygen atoms in total. The minimum atomic E-state index is -1.25. The predicted molar refractivity (Wildman–Crippen MR) is 147 cm³/mol. The number of nitrogens with zero attached hydrogens (tertiary/aromatic N) is 1. The third-order valence-electron chi connectivity index (χ3n) is 7.78. The highest BCUT2D eigenvalue weighted by Gasteiger charge is 2.54. The van der Waals surface area contributed by atoms with Crippen LogP contribution in [0, 0.1) is 0 Å². The van der Waals surface area contributed by atoms with Gasteiger partial charge in [-0.05, 0) is 53.6 Å². The summed E-state index contributed by atoms with van der Waals surface area (Å²) in [5.74, 6) is -0.724. The second-order valence-corrected chi connectivity index (χ2v) is 10.8. The molecule has 1 atom stereocenters. The molecule has 3 aromatic carbocycles. The van der Waals surface area contributed by atoms with Gasteiger partial charge in [-0.3, -0.25) is 20.2 Å². The van der Waals surface area contributed by atoms with Crippen molar-refractivity contribution in [3.63, 3.8) is 0 Å². The van der Waals surface area contributed by atoms with Crippen LogP contribution in [0.2, 0.25) is 5.02 Å².